The van der Waals surface area contributed by atoms with Crippen LogP contribution < -0.4 is 11.2 Å². The number of hydrogen-bond acceptors (Lipinski definition) is 6. The summed E-state index contributed by atoms with van der Waals surface area (Å²) in [6.45, 7) is 6.04. The van der Waals surface area contributed by atoms with Crippen LogP contribution in [0.4, 0.5) is 5.69 Å². The number of anilines is 1. The zero-order chi connectivity index (χ0) is 18.7. The Morgan fingerprint density at radius 2 is 1.96 bits per heavy atom. The van der Waals surface area contributed by atoms with Crippen molar-refractivity contribution in [1.29, 1.82) is 0 Å². The minimum absolute atomic E-state index is 0.0937. The van der Waals surface area contributed by atoms with E-state index in [0.29, 0.717) is 16.9 Å². The van der Waals surface area contributed by atoms with E-state index in [2.05, 4.69) is 29.4 Å². The highest BCUT2D eigenvalue weighted by Crippen LogP contribution is 2.29. The highest BCUT2D eigenvalue weighted by Gasteiger charge is 2.21. The number of benzene rings is 1. The van der Waals surface area contributed by atoms with Gasteiger partial charge in [0.25, 0.3) is 0 Å². The summed E-state index contributed by atoms with van der Waals surface area (Å²) in [6.07, 6.45) is 0. The number of carbonyl (C=O) groups is 1. The first-order valence-electron chi connectivity index (χ1n) is 8.28. The van der Waals surface area contributed by atoms with Gasteiger partial charge in [0.2, 0.25) is 11.1 Å². The van der Waals surface area contributed by atoms with Crippen LogP contribution in [0.2, 0.25) is 0 Å². The summed E-state index contributed by atoms with van der Waals surface area (Å²) >= 11 is 2.83. The topological polar surface area (TPSA) is 85.8 Å². The van der Waals surface area contributed by atoms with Gasteiger partial charge in [0.15, 0.2) is 5.82 Å². The smallest absolute Gasteiger partial charge is 0.237 e. The van der Waals surface area contributed by atoms with Crippen molar-refractivity contribution in [2.75, 3.05) is 11.2 Å². The van der Waals surface area contributed by atoms with E-state index in [-0.39, 0.29) is 11.2 Å². The lowest BCUT2D eigenvalue weighted by Gasteiger charge is -2.16. The minimum Gasteiger partial charge on any atom is -0.335 e. The summed E-state index contributed by atoms with van der Waals surface area (Å²) in [4.78, 5) is 13.5. The third-order valence-electron chi connectivity index (χ3n) is 3.90. The van der Waals surface area contributed by atoms with Crippen molar-refractivity contribution in [2.24, 2.45) is 0 Å². The molecular weight excluding hydrogens is 366 g/mol. The quantitative estimate of drug-likeness (QED) is 0.494. The van der Waals surface area contributed by atoms with Gasteiger partial charge in [0, 0.05) is 5.69 Å². The van der Waals surface area contributed by atoms with Crippen molar-refractivity contribution in [3.05, 3.63) is 47.3 Å². The van der Waals surface area contributed by atoms with Gasteiger partial charge in [-0.05, 0) is 35.9 Å². The van der Waals surface area contributed by atoms with Crippen LogP contribution in [-0.4, -0.2) is 26.0 Å². The normalized spacial score (nSPS) is 12.3. The molecule has 6 nitrogen and oxygen atoms in total. The van der Waals surface area contributed by atoms with E-state index < -0.39 is 0 Å². The molecule has 26 heavy (non-hydrogen) atoms. The Bertz CT molecular complexity index is 889. The number of nitrogens with zero attached hydrogens (tertiary/aromatic N) is 3. The molecule has 0 bridgehead atoms. The van der Waals surface area contributed by atoms with Gasteiger partial charge in [-0.2, -0.15) is 0 Å². The summed E-state index contributed by atoms with van der Waals surface area (Å²) in [7, 11) is 0. The molecule has 0 saturated heterocycles. The number of para-hydroxylation sites is 1. The van der Waals surface area contributed by atoms with Crippen LogP contribution >= 0.6 is 23.1 Å². The Kier molecular flexibility index (Phi) is 5.63. The van der Waals surface area contributed by atoms with E-state index in [9.17, 15) is 4.79 Å². The molecule has 1 unspecified atom stereocenters. The van der Waals surface area contributed by atoms with Gasteiger partial charge in [-0.25, -0.2) is 4.68 Å². The van der Waals surface area contributed by atoms with Gasteiger partial charge in [0.1, 0.15) is 0 Å². The molecule has 2 aromatic heterocycles. The molecule has 0 radical (unpaired) electrons. The molecule has 8 heteroatoms. The molecule has 1 amide bonds. The maximum Gasteiger partial charge on any atom is 0.237 e. The Labute approximate surface area is 160 Å². The lowest BCUT2D eigenvalue weighted by molar-refractivity contribution is -0.115. The maximum absolute atomic E-state index is 12.6. The number of amides is 1. The first-order valence-corrected chi connectivity index (χ1v) is 10.0. The molecule has 0 aliphatic rings. The van der Waals surface area contributed by atoms with Crippen molar-refractivity contribution in [1.82, 2.24) is 14.9 Å². The number of aromatic nitrogens is 3. The molecule has 1 aromatic carbocycles. The van der Waals surface area contributed by atoms with Crippen LogP contribution in [-0.2, 0) is 4.79 Å². The van der Waals surface area contributed by atoms with Crippen molar-refractivity contribution in [2.45, 2.75) is 37.1 Å². The highest BCUT2D eigenvalue weighted by atomic mass is 32.2. The largest absolute Gasteiger partial charge is 0.335 e. The molecule has 2 heterocycles. The Balaban J connectivity index is 1.71. The number of rotatable bonds is 6. The fraction of sp³-hybridized carbons (Fsp3) is 0.278. The van der Waals surface area contributed by atoms with Gasteiger partial charge < -0.3 is 11.2 Å². The van der Waals surface area contributed by atoms with Gasteiger partial charge in [0.05, 0.1) is 10.1 Å². The number of carbonyl (C=O) groups excluding carboxylic acids is 1. The second kappa shape index (κ2) is 7.92. The average Bonchev–Trinajstić information content (AvgIpc) is 3.25. The van der Waals surface area contributed by atoms with E-state index in [4.69, 9.17) is 5.84 Å². The highest BCUT2D eigenvalue weighted by molar-refractivity contribution is 8.00. The number of nitrogens with two attached hydrogens (primary N) is 1. The molecule has 3 aromatic rings. The lowest BCUT2D eigenvalue weighted by atomic mass is 10.0. The first kappa shape index (κ1) is 18.5. The maximum atomic E-state index is 12.6. The second-order valence-electron chi connectivity index (χ2n) is 6.14. The van der Waals surface area contributed by atoms with E-state index >= 15 is 0 Å². The molecule has 0 aliphatic carbocycles. The SMILES string of the molecule is CC(Sc1nnc(-c2cccs2)n1N)C(=O)Nc1ccccc1C(C)C. The monoisotopic (exact) mass is 387 g/mol. The van der Waals surface area contributed by atoms with Crippen molar-refractivity contribution in [3.8, 4) is 10.7 Å². The molecule has 136 valence electrons. The second-order valence-corrected chi connectivity index (χ2v) is 8.40. The summed E-state index contributed by atoms with van der Waals surface area (Å²) in [5, 5.41) is 13.4. The number of thiophene rings is 1. The van der Waals surface area contributed by atoms with Crippen molar-refractivity contribution >= 4 is 34.7 Å². The van der Waals surface area contributed by atoms with Crippen LogP contribution in [0.5, 0.6) is 0 Å². The molecule has 3 rings (SSSR count). The Hall–Kier alpha value is -2.32. The molecule has 1 atom stereocenters. The fourth-order valence-electron chi connectivity index (χ4n) is 2.49. The third-order valence-corrected chi connectivity index (χ3v) is 5.82. The molecule has 0 fully saturated rings. The Morgan fingerprint density at radius 3 is 2.65 bits per heavy atom. The molecule has 0 saturated carbocycles. The van der Waals surface area contributed by atoms with Crippen LogP contribution in [0.15, 0.2) is 46.9 Å². The van der Waals surface area contributed by atoms with Gasteiger partial charge in [-0.15, -0.1) is 21.5 Å². The standard InChI is InChI=1S/C18H21N5OS2/c1-11(2)13-7-4-5-8-14(13)20-17(24)12(3)26-18-22-21-16(23(18)19)15-9-6-10-25-15/h4-12H,19H2,1-3H3,(H,20,24). The molecule has 0 aliphatic heterocycles. The zero-order valence-electron chi connectivity index (χ0n) is 14.8. The van der Waals surface area contributed by atoms with E-state index in [1.165, 1.54) is 16.4 Å². The van der Waals surface area contributed by atoms with Gasteiger partial charge in [-0.1, -0.05) is 49.9 Å². The van der Waals surface area contributed by atoms with Gasteiger partial charge >= 0.3 is 0 Å². The van der Waals surface area contributed by atoms with Crippen LogP contribution in [0.25, 0.3) is 10.7 Å². The van der Waals surface area contributed by atoms with Crippen LogP contribution in [0.3, 0.4) is 0 Å². The summed E-state index contributed by atoms with van der Waals surface area (Å²) < 4.78 is 1.43. The van der Waals surface area contributed by atoms with E-state index in [1.807, 2.05) is 48.7 Å². The fourth-order valence-corrected chi connectivity index (χ4v) is 3.97. The first-order chi connectivity index (χ1) is 12.5. The van der Waals surface area contributed by atoms with Crippen molar-refractivity contribution in [3.63, 3.8) is 0 Å². The Morgan fingerprint density at radius 1 is 1.19 bits per heavy atom. The van der Waals surface area contributed by atoms with Crippen molar-refractivity contribution < 1.29 is 4.79 Å². The average molecular weight is 388 g/mol. The predicted molar refractivity (Wildman–Crippen MR) is 108 cm³/mol. The summed E-state index contributed by atoms with van der Waals surface area (Å²) in [6, 6.07) is 11.7. The van der Waals surface area contributed by atoms with Gasteiger partial charge in [-0.3, -0.25) is 4.79 Å². The van der Waals surface area contributed by atoms with E-state index in [1.54, 1.807) is 11.3 Å². The lowest BCUT2D eigenvalue weighted by Crippen LogP contribution is -2.24. The number of hydrogen-bond donors (Lipinski definition) is 2. The molecule has 0 spiro atoms. The number of nitrogens with one attached hydrogen (secondary N) is 1. The third kappa shape index (κ3) is 3.91. The molecular formula is C18H21N5OS2. The molecule has 3 N–H and O–H groups in total. The summed E-state index contributed by atoms with van der Waals surface area (Å²) in [5.41, 5.74) is 1.95. The van der Waals surface area contributed by atoms with E-state index in [0.717, 1.165) is 16.1 Å². The van der Waals surface area contributed by atoms with Crippen LogP contribution in [0, 0.1) is 0 Å². The number of thioether (sulfide) groups is 1. The summed E-state index contributed by atoms with van der Waals surface area (Å²) in [5.74, 6) is 6.94. The predicted octanol–water partition coefficient (Wildman–Crippen LogP) is 3.96. The van der Waals surface area contributed by atoms with Crippen LogP contribution in [0.1, 0.15) is 32.3 Å². The number of nitrogen functional groups attached to an aromatic ring is 1. The minimum atomic E-state index is -0.363. The zero-order valence-corrected chi connectivity index (χ0v) is 16.5.